The molecule has 0 aliphatic carbocycles. The number of hydrogen-bond acceptors (Lipinski definition) is 8. The van der Waals surface area contributed by atoms with Gasteiger partial charge in [-0.1, -0.05) is 18.2 Å². The van der Waals surface area contributed by atoms with Crippen LogP contribution in [0.25, 0.3) is 0 Å². The normalized spacial score (nSPS) is 28.9. The van der Waals surface area contributed by atoms with Crippen LogP contribution >= 0.6 is 36.6 Å². The summed E-state index contributed by atoms with van der Waals surface area (Å²) in [6, 6.07) is 10.7. The van der Waals surface area contributed by atoms with Crippen molar-refractivity contribution in [1.29, 1.82) is 0 Å². The molecule has 4 rings (SSSR count). The first-order chi connectivity index (χ1) is 13.7. The number of fused-ring (bicyclic) bond motifs is 1. The SMILES string of the molecule is Cl.Cl.O=[N+]([O-])O[C@H]1CO[C@H]2[C@@H]1OC[C@@H]2N1CCN(CCCSc2ccccc2)CC1. The van der Waals surface area contributed by atoms with Gasteiger partial charge in [0.05, 0.1) is 19.3 Å². The van der Waals surface area contributed by atoms with Crippen molar-refractivity contribution < 1.29 is 19.4 Å². The van der Waals surface area contributed by atoms with Crippen LogP contribution in [0.4, 0.5) is 0 Å². The molecule has 0 N–H and O–H groups in total. The van der Waals surface area contributed by atoms with Gasteiger partial charge in [-0.2, -0.15) is 0 Å². The summed E-state index contributed by atoms with van der Waals surface area (Å²) in [4.78, 5) is 21.6. The van der Waals surface area contributed by atoms with Crippen molar-refractivity contribution in [3.63, 3.8) is 0 Å². The lowest BCUT2D eigenvalue weighted by molar-refractivity contribution is -0.769. The van der Waals surface area contributed by atoms with Crippen molar-refractivity contribution in [2.45, 2.75) is 35.7 Å². The Bertz CT molecular complexity index is 654. The van der Waals surface area contributed by atoms with Gasteiger partial charge in [0.25, 0.3) is 5.09 Å². The molecule has 3 fully saturated rings. The van der Waals surface area contributed by atoms with Crippen LogP contribution < -0.4 is 0 Å². The molecule has 3 aliphatic rings. The van der Waals surface area contributed by atoms with Crippen molar-refractivity contribution >= 4 is 36.6 Å². The van der Waals surface area contributed by atoms with E-state index in [1.54, 1.807) is 0 Å². The molecule has 30 heavy (non-hydrogen) atoms. The second kappa shape index (κ2) is 12.3. The Morgan fingerprint density at radius 1 is 1.07 bits per heavy atom. The number of thioether (sulfide) groups is 1. The number of halogens is 2. The maximum absolute atomic E-state index is 10.6. The Hall–Kier alpha value is -0.810. The Kier molecular flexibility index (Phi) is 10.4. The van der Waals surface area contributed by atoms with Crippen LogP contribution in [-0.4, -0.2) is 90.9 Å². The summed E-state index contributed by atoms with van der Waals surface area (Å²) in [7, 11) is 0. The van der Waals surface area contributed by atoms with Gasteiger partial charge < -0.3 is 19.2 Å². The van der Waals surface area contributed by atoms with Crippen LogP contribution in [0.15, 0.2) is 35.2 Å². The predicted octanol–water partition coefficient (Wildman–Crippen LogP) is 2.37. The first-order valence-corrected chi connectivity index (χ1v) is 10.9. The highest BCUT2D eigenvalue weighted by atomic mass is 35.5. The molecule has 3 saturated heterocycles. The molecular weight excluding hydrogens is 453 g/mol. The molecule has 0 amide bonds. The van der Waals surface area contributed by atoms with Crippen molar-refractivity contribution in [3.05, 3.63) is 40.4 Å². The van der Waals surface area contributed by atoms with E-state index in [0.717, 1.165) is 38.5 Å². The van der Waals surface area contributed by atoms with Gasteiger partial charge in [-0.15, -0.1) is 46.7 Å². The summed E-state index contributed by atoms with van der Waals surface area (Å²) in [5.41, 5.74) is 0. The lowest BCUT2D eigenvalue weighted by Crippen LogP contribution is -2.54. The molecule has 170 valence electrons. The van der Waals surface area contributed by atoms with Crippen LogP contribution in [0.1, 0.15) is 6.42 Å². The molecule has 0 spiro atoms. The molecule has 0 saturated carbocycles. The van der Waals surface area contributed by atoms with E-state index in [4.69, 9.17) is 14.3 Å². The van der Waals surface area contributed by atoms with E-state index in [9.17, 15) is 10.1 Å². The third kappa shape index (κ3) is 6.35. The third-order valence-corrected chi connectivity index (χ3v) is 6.81. The lowest BCUT2D eigenvalue weighted by atomic mass is 10.1. The van der Waals surface area contributed by atoms with Gasteiger partial charge in [-0.25, -0.2) is 0 Å². The van der Waals surface area contributed by atoms with Gasteiger partial charge in [0.1, 0.15) is 12.2 Å². The second-order valence-electron chi connectivity index (χ2n) is 7.42. The monoisotopic (exact) mass is 481 g/mol. The van der Waals surface area contributed by atoms with Crippen molar-refractivity contribution in [1.82, 2.24) is 9.80 Å². The van der Waals surface area contributed by atoms with E-state index in [1.165, 1.54) is 11.3 Å². The smallest absolute Gasteiger partial charge is 0.294 e. The molecular formula is C19H29Cl2N3O5S. The fourth-order valence-electron chi connectivity index (χ4n) is 4.27. The van der Waals surface area contributed by atoms with Crippen LogP contribution in [0.3, 0.4) is 0 Å². The molecule has 3 aliphatic heterocycles. The fourth-order valence-corrected chi connectivity index (χ4v) is 5.13. The Morgan fingerprint density at radius 3 is 2.47 bits per heavy atom. The van der Waals surface area contributed by atoms with E-state index < -0.39 is 11.2 Å². The minimum Gasteiger partial charge on any atom is -0.371 e. The lowest BCUT2D eigenvalue weighted by Gasteiger charge is -2.38. The maximum atomic E-state index is 10.6. The summed E-state index contributed by atoms with van der Waals surface area (Å²) in [5.74, 6) is 1.14. The topological polar surface area (TPSA) is 77.3 Å². The second-order valence-corrected chi connectivity index (χ2v) is 8.59. The number of hydrogen-bond donors (Lipinski definition) is 0. The van der Waals surface area contributed by atoms with E-state index in [-0.39, 0.29) is 49.7 Å². The van der Waals surface area contributed by atoms with Gasteiger partial charge in [0.15, 0.2) is 6.10 Å². The maximum Gasteiger partial charge on any atom is 0.294 e. The highest BCUT2D eigenvalue weighted by Gasteiger charge is 2.51. The molecule has 3 heterocycles. The minimum absolute atomic E-state index is 0. The molecule has 0 radical (unpaired) electrons. The first kappa shape index (κ1) is 25.5. The Morgan fingerprint density at radius 2 is 1.77 bits per heavy atom. The zero-order valence-electron chi connectivity index (χ0n) is 16.7. The van der Waals surface area contributed by atoms with Crippen molar-refractivity contribution in [2.24, 2.45) is 0 Å². The standard InChI is InChI=1S/C19H27N3O5S.2ClH/c23-22(24)27-17-14-26-18-16(13-25-19(17)18)21-10-8-20(9-11-21)7-4-12-28-15-5-2-1-3-6-15;;/h1-3,5-6,16-19H,4,7-14H2;2*1H/t16-,17-,18+,19+;;/m0../s1. The molecule has 8 nitrogen and oxygen atoms in total. The average Bonchev–Trinajstić information content (AvgIpc) is 3.29. The molecule has 4 atom stereocenters. The zero-order valence-corrected chi connectivity index (χ0v) is 19.1. The fraction of sp³-hybridized carbons (Fsp3) is 0.684. The van der Waals surface area contributed by atoms with Crippen molar-refractivity contribution in [2.75, 3.05) is 51.7 Å². The van der Waals surface area contributed by atoms with Crippen LogP contribution in [0, 0.1) is 10.1 Å². The quantitative estimate of drug-likeness (QED) is 0.242. The number of nitrogens with zero attached hydrogens (tertiary/aromatic N) is 3. The Balaban J connectivity index is 0.00000160. The van der Waals surface area contributed by atoms with Gasteiger partial charge >= 0.3 is 0 Å². The van der Waals surface area contributed by atoms with Crippen LogP contribution in [0.5, 0.6) is 0 Å². The number of piperazine rings is 1. The number of ether oxygens (including phenoxy) is 2. The highest BCUT2D eigenvalue weighted by molar-refractivity contribution is 7.99. The summed E-state index contributed by atoms with van der Waals surface area (Å²) >= 11 is 1.91. The van der Waals surface area contributed by atoms with E-state index in [0.29, 0.717) is 6.61 Å². The van der Waals surface area contributed by atoms with Gasteiger partial charge in [0.2, 0.25) is 0 Å². The summed E-state index contributed by atoms with van der Waals surface area (Å²) in [6.07, 6.45) is 0.121. The van der Waals surface area contributed by atoms with Gasteiger partial charge in [0, 0.05) is 31.1 Å². The van der Waals surface area contributed by atoms with E-state index in [1.807, 2.05) is 17.8 Å². The largest absolute Gasteiger partial charge is 0.371 e. The summed E-state index contributed by atoms with van der Waals surface area (Å²) < 4.78 is 11.6. The van der Waals surface area contributed by atoms with Crippen molar-refractivity contribution in [3.8, 4) is 0 Å². The summed E-state index contributed by atoms with van der Waals surface area (Å²) in [5, 5.41) is 9.86. The minimum atomic E-state index is -0.748. The number of rotatable bonds is 8. The van der Waals surface area contributed by atoms with Crippen LogP contribution in [0.2, 0.25) is 0 Å². The molecule has 1 aromatic rings. The molecule has 0 unspecified atom stereocenters. The van der Waals surface area contributed by atoms with Crippen LogP contribution in [-0.2, 0) is 14.3 Å². The molecule has 1 aromatic carbocycles. The number of benzene rings is 1. The van der Waals surface area contributed by atoms with E-state index >= 15 is 0 Å². The molecule has 11 heteroatoms. The molecule has 0 aromatic heterocycles. The first-order valence-electron chi connectivity index (χ1n) is 9.89. The van der Waals surface area contributed by atoms with E-state index in [2.05, 4.69) is 34.1 Å². The van der Waals surface area contributed by atoms with Gasteiger partial charge in [-0.05, 0) is 30.9 Å². The highest BCUT2D eigenvalue weighted by Crippen LogP contribution is 2.32. The summed E-state index contributed by atoms with van der Waals surface area (Å²) in [6.45, 7) is 5.94. The average molecular weight is 482 g/mol. The van der Waals surface area contributed by atoms with Gasteiger partial charge in [-0.3, -0.25) is 4.90 Å². The Labute approximate surface area is 193 Å². The predicted molar refractivity (Wildman–Crippen MR) is 119 cm³/mol. The molecule has 0 bridgehead atoms. The zero-order chi connectivity index (χ0) is 19.3. The third-order valence-electron chi connectivity index (χ3n) is 5.71.